The van der Waals surface area contributed by atoms with Crippen molar-refractivity contribution in [2.24, 2.45) is 11.1 Å². The maximum atomic E-state index is 5.53. The van der Waals surface area contributed by atoms with Gasteiger partial charge in [-0.3, -0.25) is 0 Å². The van der Waals surface area contributed by atoms with E-state index in [1.165, 1.54) is 0 Å². The van der Waals surface area contributed by atoms with Gasteiger partial charge >= 0.3 is 0 Å². The van der Waals surface area contributed by atoms with Crippen molar-refractivity contribution in [1.29, 1.82) is 0 Å². The van der Waals surface area contributed by atoms with E-state index in [9.17, 15) is 0 Å². The van der Waals surface area contributed by atoms with E-state index in [1.807, 2.05) is 25.1 Å². The Kier molecular flexibility index (Phi) is 4.74. The summed E-state index contributed by atoms with van der Waals surface area (Å²) in [4.78, 5) is 4.42. The molecule has 0 unspecified atom stereocenters. The van der Waals surface area contributed by atoms with Crippen LogP contribution in [0, 0.1) is 12.3 Å². The highest BCUT2D eigenvalue weighted by molar-refractivity contribution is 5.35. The monoisotopic (exact) mass is 221 g/mol. The van der Waals surface area contributed by atoms with Gasteiger partial charge in [-0.15, -0.1) is 0 Å². The molecule has 0 bridgehead atoms. The molecule has 0 radical (unpaired) electrons. The zero-order valence-corrected chi connectivity index (χ0v) is 10.6. The molecule has 0 fully saturated rings. The van der Waals surface area contributed by atoms with Crippen molar-refractivity contribution in [3.8, 4) is 0 Å². The van der Waals surface area contributed by atoms with E-state index in [2.05, 4.69) is 24.1 Å². The summed E-state index contributed by atoms with van der Waals surface area (Å²) in [6.45, 7) is 8.22. The minimum Gasteiger partial charge on any atom is -0.370 e. The first kappa shape index (κ1) is 13.0. The van der Waals surface area contributed by atoms with Crippen molar-refractivity contribution < 1.29 is 0 Å². The zero-order chi connectivity index (χ0) is 12.0. The Bertz CT molecular complexity index is 321. The van der Waals surface area contributed by atoms with Crippen LogP contribution in [0.5, 0.6) is 0 Å². The number of pyridine rings is 1. The largest absolute Gasteiger partial charge is 0.370 e. The highest BCUT2D eigenvalue weighted by Crippen LogP contribution is 2.22. The van der Waals surface area contributed by atoms with Gasteiger partial charge < -0.3 is 11.1 Å². The van der Waals surface area contributed by atoms with E-state index in [-0.39, 0.29) is 5.41 Å². The first-order valence-corrected chi connectivity index (χ1v) is 5.91. The second kappa shape index (κ2) is 5.85. The van der Waals surface area contributed by atoms with Crippen LogP contribution in [-0.4, -0.2) is 18.1 Å². The van der Waals surface area contributed by atoms with Crippen molar-refractivity contribution >= 4 is 5.82 Å². The fourth-order valence-electron chi connectivity index (χ4n) is 1.64. The van der Waals surface area contributed by atoms with Gasteiger partial charge in [-0.2, -0.15) is 0 Å². The third-order valence-corrected chi connectivity index (χ3v) is 2.69. The maximum Gasteiger partial charge on any atom is 0.126 e. The molecule has 0 aliphatic rings. The summed E-state index contributed by atoms with van der Waals surface area (Å²) in [6.07, 6.45) is 2.22. The summed E-state index contributed by atoms with van der Waals surface area (Å²) in [5.74, 6) is 0.959. The summed E-state index contributed by atoms with van der Waals surface area (Å²) >= 11 is 0. The minimum absolute atomic E-state index is 0.269. The Balaban J connectivity index is 2.44. The molecule has 1 aromatic heterocycles. The summed E-state index contributed by atoms with van der Waals surface area (Å²) < 4.78 is 0. The lowest BCUT2D eigenvalue weighted by Crippen LogP contribution is -2.24. The van der Waals surface area contributed by atoms with Crippen LogP contribution in [0.25, 0.3) is 0 Å². The van der Waals surface area contributed by atoms with Crippen molar-refractivity contribution in [3.05, 3.63) is 23.9 Å². The van der Waals surface area contributed by atoms with Gasteiger partial charge in [-0.1, -0.05) is 19.9 Å². The van der Waals surface area contributed by atoms with E-state index >= 15 is 0 Å². The lowest BCUT2D eigenvalue weighted by atomic mass is 9.88. The molecular weight excluding hydrogens is 198 g/mol. The van der Waals surface area contributed by atoms with E-state index in [0.29, 0.717) is 0 Å². The normalized spacial score (nSPS) is 11.5. The maximum absolute atomic E-state index is 5.53. The van der Waals surface area contributed by atoms with Crippen molar-refractivity contribution in [1.82, 2.24) is 4.98 Å². The van der Waals surface area contributed by atoms with Gasteiger partial charge in [0.15, 0.2) is 0 Å². The first-order chi connectivity index (χ1) is 7.53. The van der Waals surface area contributed by atoms with Gasteiger partial charge in [0.1, 0.15) is 5.82 Å². The molecule has 3 N–H and O–H groups in total. The average Bonchev–Trinajstić information content (AvgIpc) is 2.24. The molecule has 3 nitrogen and oxygen atoms in total. The molecule has 90 valence electrons. The van der Waals surface area contributed by atoms with Crippen LogP contribution in [0.1, 0.15) is 32.4 Å². The highest BCUT2D eigenvalue weighted by Gasteiger charge is 2.16. The van der Waals surface area contributed by atoms with Gasteiger partial charge in [0, 0.05) is 12.2 Å². The van der Waals surface area contributed by atoms with Crippen LogP contribution in [0.2, 0.25) is 0 Å². The lowest BCUT2D eigenvalue weighted by molar-refractivity contribution is 0.350. The number of anilines is 1. The van der Waals surface area contributed by atoms with E-state index in [4.69, 9.17) is 5.73 Å². The Labute approximate surface area is 98.5 Å². The molecule has 0 saturated heterocycles. The average molecular weight is 221 g/mol. The van der Waals surface area contributed by atoms with Crippen LogP contribution < -0.4 is 11.1 Å². The second-order valence-corrected chi connectivity index (χ2v) is 5.07. The number of nitrogens with two attached hydrogens (primary N) is 1. The van der Waals surface area contributed by atoms with Crippen molar-refractivity contribution in [2.75, 3.05) is 18.4 Å². The molecule has 16 heavy (non-hydrogen) atoms. The van der Waals surface area contributed by atoms with Crippen LogP contribution in [-0.2, 0) is 0 Å². The number of aromatic nitrogens is 1. The molecule has 0 amide bonds. The second-order valence-electron chi connectivity index (χ2n) is 5.07. The Morgan fingerprint density at radius 3 is 2.75 bits per heavy atom. The van der Waals surface area contributed by atoms with Crippen LogP contribution in [0.15, 0.2) is 18.2 Å². The topological polar surface area (TPSA) is 50.9 Å². The zero-order valence-electron chi connectivity index (χ0n) is 10.6. The third-order valence-electron chi connectivity index (χ3n) is 2.69. The van der Waals surface area contributed by atoms with E-state index in [1.54, 1.807) is 0 Å². The summed E-state index contributed by atoms with van der Waals surface area (Å²) in [5, 5.41) is 3.38. The molecule has 1 rings (SSSR count). The molecule has 0 spiro atoms. The van der Waals surface area contributed by atoms with Crippen molar-refractivity contribution in [2.45, 2.75) is 33.6 Å². The van der Waals surface area contributed by atoms with Gasteiger partial charge in [0.25, 0.3) is 0 Å². The van der Waals surface area contributed by atoms with Gasteiger partial charge in [0.05, 0.1) is 0 Å². The predicted molar refractivity (Wildman–Crippen MR) is 69.5 cm³/mol. The number of hydrogen-bond acceptors (Lipinski definition) is 3. The number of nitrogens with one attached hydrogen (secondary N) is 1. The predicted octanol–water partition coefficient (Wildman–Crippen LogP) is 2.57. The van der Waals surface area contributed by atoms with Gasteiger partial charge in [-0.25, -0.2) is 4.98 Å². The Morgan fingerprint density at radius 2 is 2.12 bits per heavy atom. The van der Waals surface area contributed by atoms with Gasteiger partial charge in [0.2, 0.25) is 0 Å². The van der Waals surface area contributed by atoms with Crippen LogP contribution in [0.3, 0.4) is 0 Å². The fourth-order valence-corrected chi connectivity index (χ4v) is 1.64. The van der Waals surface area contributed by atoms with E-state index in [0.717, 1.165) is 37.4 Å². The highest BCUT2D eigenvalue weighted by atomic mass is 15.0. The summed E-state index contributed by atoms with van der Waals surface area (Å²) in [6, 6.07) is 6.04. The molecule has 1 aromatic rings. The standard InChI is InChI=1S/C13H23N3/c1-11-6-4-7-12(16-11)15-10-13(2,3)8-5-9-14/h4,6-7H,5,8-10,14H2,1-3H3,(H,15,16). The van der Waals surface area contributed by atoms with Crippen LogP contribution in [0.4, 0.5) is 5.82 Å². The molecule has 1 heterocycles. The number of nitrogens with zero attached hydrogens (tertiary/aromatic N) is 1. The van der Waals surface area contributed by atoms with Gasteiger partial charge in [-0.05, 0) is 43.9 Å². The van der Waals surface area contributed by atoms with Crippen LogP contribution >= 0.6 is 0 Å². The Hall–Kier alpha value is -1.09. The molecule has 0 aromatic carbocycles. The lowest BCUT2D eigenvalue weighted by Gasteiger charge is -2.25. The summed E-state index contributed by atoms with van der Waals surface area (Å²) in [7, 11) is 0. The number of aryl methyl sites for hydroxylation is 1. The summed E-state index contributed by atoms with van der Waals surface area (Å²) in [5.41, 5.74) is 6.84. The minimum atomic E-state index is 0.269. The van der Waals surface area contributed by atoms with E-state index < -0.39 is 0 Å². The molecular formula is C13H23N3. The molecule has 0 aliphatic heterocycles. The molecule has 3 heteroatoms. The first-order valence-electron chi connectivity index (χ1n) is 5.91. The van der Waals surface area contributed by atoms with Crippen molar-refractivity contribution in [3.63, 3.8) is 0 Å². The smallest absolute Gasteiger partial charge is 0.126 e. The number of hydrogen-bond donors (Lipinski definition) is 2. The third kappa shape index (κ3) is 4.62. The number of rotatable bonds is 6. The molecule has 0 atom stereocenters. The Morgan fingerprint density at radius 1 is 1.38 bits per heavy atom. The molecule has 0 saturated carbocycles. The fraction of sp³-hybridized carbons (Fsp3) is 0.615. The quantitative estimate of drug-likeness (QED) is 0.776. The SMILES string of the molecule is Cc1cccc(NCC(C)(C)CCCN)n1. The molecule has 0 aliphatic carbocycles.